The van der Waals surface area contributed by atoms with Crippen LogP contribution in [-0.4, -0.2) is 28.8 Å². The molecule has 0 N–H and O–H groups in total. The second-order valence-electron chi connectivity index (χ2n) is 8.01. The van der Waals surface area contributed by atoms with Gasteiger partial charge >= 0.3 is 0 Å². The molecule has 1 heterocycles. The molecule has 0 aliphatic carbocycles. The Balaban J connectivity index is 2.46. The van der Waals surface area contributed by atoms with E-state index >= 15 is 0 Å². The van der Waals surface area contributed by atoms with Crippen molar-refractivity contribution in [2.45, 2.75) is 97.1 Å². The number of carbonyl (C=O) groups excluding carboxylic acids is 1. The molecule has 2 nitrogen and oxygen atoms in total. The van der Waals surface area contributed by atoms with Crippen LogP contribution in [0.1, 0.15) is 86.0 Å². The Morgan fingerprint density at radius 2 is 1.60 bits per heavy atom. The smallest absolute Gasteiger partial charge is 0.133 e. The highest BCUT2D eigenvalue weighted by Crippen LogP contribution is 2.41. The molecule has 0 radical (unpaired) electrons. The van der Waals surface area contributed by atoms with Gasteiger partial charge in [0.15, 0.2) is 0 Å². The highest BCUT2D eigenvalue weighted by molar-refractivity contribution is 5.78. The SMILES string of the molecule is CCCCCCC(=O)CC1CC(C)(C)N(C)C(C)(C)C1. The Kier molecular flexibility index (Phi) is 6.25. The summed E-state index contributed by atoms with van der Waals surface area (Å²) in [7, 11) is 2.22. The standard InChI is InChI=1S/C18H35NO/c1-7-8-9-10-11-16(20)12-15-13-17(2,3)19(6)18(4,5)14-15/h15H,7-14H2,1-6H3. The van der Waals surface area contributed by atoms with E-state index in [1.807, 2.05) is 0 Å². The van der Waals surface area contributed by atoms with Crippen molar-refractivity contribution in [1.29, 1.82) is 0 Å². The van der Waals surface area contributed by atoms with Gasteiger partial charge in [-0.1, -0.05) is 26.2 Å². The van der Waals surface area contributed by atoms with E-state index < -0.39 is 0 Å². The first-order chi connectivity index (χ1) is 9.19. The third-order valence-corrected chi connectivity index (χ3v) is 5.22. The molecule has 20 heavy (non-hydrogen) atoms. The topological polar surface area (TPSA) is 20.3 Å². The second-order valence-corrected chi connectivity index (χ2v) is 8.01. The first kappa shape index (κ1) is 17.7. The maximum Gasteiger partial charge on any atom is 0.133 e. The number of carbonyl (C=O) groups is 1. The number of hydrogen-bond donors (Lipinski definition) is 0. The van der Waals surface area contributed by atoms with Gasteiger partial charge in [0.1, 0.15) is 5.78 Å². The molecule has 0 aromatic rings. The molecule has 0 bridgehead atoms. The average molecular weight is 281 g/mol. The van der Waals surface area contributed by atoms with Gasteiger partial charge in [-0.3, -0.25) is 9.69 Å². The second kappa shape index (κ2) is 7.06. The van der Waals surface area contributed by atoms with Gasteiger partial charge in [-0.2, -0.15) is 0 Å². The van der Waals surface area contributed by atoms with Crippen LogP contribution in [0.25, 0.3) is 0 Å². The lowest BCUT2D eigenvalue weighted by Gasteiger charge is -2.53. The van der Waals surface area contributed by atoms with Gasteiger partial charge in [0, 0.05) is 23.9 Å². The quantitative estimate of drug-likeness (QED) is 0.624. The fourth-order valence-electron chi connectivity index (χ4n) is 3.90. The summed E-state index contributed by atoms with van der Waals surface area (Å²) in [6.07, 6.45) is 8.70. The van der Waals surface area contributed by atoms with Crippen LogP contribution >= 0.6 is 0 Å². The molecule has 1 fully saturated rings. The molecule has 1 aliphatic rings. The van der Waals surface area contributed by atoms with Crippen molar-refractivity contribution in [2.75, 3.05) is 7.05 Å². The Morgan fingerprint density at radius 3 is 2.10 bits per heavy atom. The van der Waals surface area contributed by atoms with Crippen molar-refractivity contribution in [1.82, 2.24) is 4.90 Å². The third-order valence-electron chi connectivity index (χ3n) is 5.22. The third kappa shape index (κ3) is 4.87. The van der Waals surface area contributed by atoms with E-state index in [-0.39, 0.29) is 11.1 Å². The van der Waals surface area contributed by atoms with E-state index in [0.29, 0.717) is 11.7 Å². The number of Topliss-reactive ketones (excluding diaryl/α,β-unsaturated/α-hetero) is 1. The predicted octanol–water partition coefficient (Wildman–Crippen LogP) is 4.82. The van der Waals surface area contributed by atoms with E-state index in [1.165, 1.54) is 19.3 Å². The Morgan fingerprint density at radius 1 is 1.05 bits per heavy atom. The van der Waals surface area contributed by atoms with Crippen LogP contribution in [0, 0.1) is 5.92 Å². The predicted molar refractivity (Wildman–Crippen MR) is 87.0 cm³/mol. The lowest BCUT2D eigenvalue weighted by molar-refractivity contribution is -0.121. The fraction of sp³-hybridized carbons (Fsp3) is 0.944. The van der Waals surface area contributed by atoms with E-state index in [9.17, 15) is 4.79 Å². The Hall–Kier alpha value is -0.370. The van der Waals surface area contributed by atoms with Gasteiger partial charge in [-0.15, -0.1) is 0 Å². The van der Waals surface area contributed by atoms with Crippen molar-refractivity contribution >= 4 is 5.78 Å². The van der Waals surface area contributed by atoms with Gasteiger partial charge in [0.05, 0.1) is 0 Å². The molecule has 2 heteroatoms. The molecule has 0 spiro atoms. The Bertz CT molecular complexity index is 301. The Labute approximate surface area is 126 Å². The van der Waals surface area contributed by atoms with Crippen LogP contribution in [-0.2, 0) is 4.79 Å². The number of nitrogens with zero attached hydrogens (tertiary/aromatic N) is 1. The number of ketones is 1. The van der Waals surface area contributed by atoms with Gasteiger partial charge in [0.25, 0.3) is 0 Å². The molecular weight excluding hydrogens is 246 g/mol. The molecule has 0 atom stereocenters. The van der Waals surface area contributed by atoms with E-state index in [0.717, 1.165) is 32.1 Å². The molecule has 0 unspecified atom stereocenters. The van der Waals surface area contributed by atoms with Crippen molar-refractivity contribution in [3.8, 4) is 0 Å². The zero-order valence-electron chi connectivity index (χ0n) is 14.6. The molecule has 118 valence electrons. The first-order valence-electron chi connectivity index (χ1n) is 8.44. The summed E-state index contributed by atoms with van der Waals surface area (Å²) in [5.74, 6) is 1.05. The number of piperidine rings is 1. The summed E-state index contributed by atoms with van der Waals surface area (Å²) in [5.41, 5.74) is 0.407. The molecule has 1 rings (SSSR count). The minimum absolute atomic E-state index is 0.203. The van der Waals surface area contributed by atoms with Crippen molar-refractivity contribution in [2.24, 2.45) is 5.92 Å². The minimum atomic E-state index is 0.203. The molecular formula is C18H35NO. The molecule has 0 amide bonds. The monoisotopic (exact) mass is 281 g/mol. The normalized spacial score (nSPS) is 22.9. The van der Waals surface area contributed by atoms with Crippen LogP contribution in [0.15, 0.2) is 0 Å². The summed E-state index contributed by atoms with van der Waals surface area (Å²) in [5, 5.41) is 0. The summed E-state index contributed by atoms with van der Waals surface area (Å²) in [4.78, 5) is 14.7. The van der Waals surface area contributed by atoms with Gasteiger partial charge in [0.2, 0.25) is 0 Å². The minimum Gasteiger partial charge on any atom is -0.300 e. The fourth-order valence-corrected chi connectivity index (χ4v) is 3.90. The lowest BCUT2D eigenvalue weighted by atomic mass is 9.72. The van der Waals surface area contributed by atoms with Crippen LogP contribution < -0.4 is 0 Å². The number of likely N-dealkylation sites (tertiary alicyclic amines) is 1. The molecule has 0 aromatic heterocycles. The molecule has 1 saturated heterocycles. The van der Waals surface area contributed by atoms with E-state index in [4.69, 9.17) is 0 Å². The van der Waals surface area contributed by atoms with E-state index in [2.05, 4.69) is 46.6 Å². The van der Waals surface area contributed by atoms with Crippen LogP contribution in [0.5, 0.6) is 0 Å². The van der Waals surface area contributed by atoms with Crippen LogP contribution in [0.4, 0.5) is 0 Å². The lowest BCUT2D eigenvalue weighted by Crippen LogP contribution is -2.58. The van der Waals surface area contributed by atoms with Gasteiger partial charge in [-0.05, 0) is 59.9 Å². The van der Waals surface area contributed by atoms with Crippen LogP contribution in [0.2, 0.25) is 0 Å². The first-order valence-corrected chi connectivity index (χ1v) is 8.44. The summed E-state index contributed by atoms with van der Waals surface area (Å²) in [6, 6.07) is 0. The highest BCUT2D eigenvalue weighted by atomic mass is 16.1. The number of unbranched alkanes of at least 4 members (excludes halogenated alkanes) is 3. The highest BCUT2D eigenvalue weighted by Gasteiger charge is 2.43. The number of hydrogen-bond acceptors (Lipinski definition) is 2. The van der Waals surface area contributed by atoms with Crippen LogP contribution in [0.3, 0.4) is 0 Å². The molecule has 0 aromatic carbocycles. The molecule has 1 aliphatic heterocycles. The van der Waals surface area contributed by atoms with Crippen molar-refractivity contribution in [3.05, 3.63) is 0 Å². The largest absolute Gasteiger partial charge is 0.300 e. The van der Waals surface area contributed by atoms with Crippen molar-refractivity contribution < 1.29 is 4.79 Å². The molecule has 0 saturated carbocycles. The van der Waals surface area contributed by atoms with Gasteiger partial charge < -0.3 is 0 Å². The number of rotatable bonds is 7. The van der Waals surface area contributed by atoms with Crippen molar-refractivity contribution in [3.63, 3.8) is 0 Å². The zero-order valence-corrected chi connectivity index (χ0v) is 14.6. The summed E-state index contributed by atoms with van der Waals surface area (Å²) in [6.45, 7) is 11.5. The maximum absolute atomic E-state index is 12.2. The summed E-state index contributed by atoms with van der Waals surface area (Å²) < 4.78 is 0. The van der Waals surface area contributed by atoms with E-state index in [1.54, 1.807) is 0 Å². The van der Waals surface area contributed by atoms with Gasteiger partial charge in [-0.25, -0.2) is 0 Å². The maximum atomic E-state index is 12.2. The average Bonchev–Trinajstić information content (AvgIpc) is 2.31. The summed E-state index contributed by atoms with van der Waals surface area (Å²) >= 11 is 0. The zero-order chi connectivity index (χ0) is 15.4.